The molecule has 0 aliphatic rings. The molecule has 128 valence electrons. The Hall–Kier alpha value is -3.40. The first kappa shape index (κ1) is 16.1. The molecule has 0 aliphatic heterocycles. The number of methoxy groups -OCH3 is 2. The summed E-state index contributed by atoms with van der Waals surface area (Å²) in [5.41, 5.74) is 5.34. The Morgan fingerprint density at radius 1 is 0.577 bits per heavy atom. The molecule has 1 heterocycles. The van der Waals surface area contributed by atoms with Crippen LogP contribution in [0.2, 0.25) is 0 Å². The highest BCUT2D eigenvalue weighted by Crippen LogP contribution is 2.32. The van der Waals surface area contributed by atoms with Gasteiger partial charge in [0, 0.05) is 17.2 Å². The summed E-state index contributed by atoms with van der Waals surface area (Å²) >= 11 is 0. The minimum atomic E-state index is 0.767. The number of aromatic nitrogens is 2. The van der Waals surface area contributed by atoms with Gasteiger partial charge in [-0.3, -0.25) is 0 Å². The van der Waals surface area contributed by atoms with E-state index >= 15 is 0 Å². The molecular weight excluding hydrogens is 324 g/mol. The van der Waals surface area contributed by atoms with Crippen molar-refractivity contribution in [1.29, 1.82) is 0 Å². The maximum absolute atomic E-state index is 5.33. The molecule has 3 aromatic carbocycles. The largest absolute Gasteiger partial charge is 0.497 e. The second kappa shape index (κ2) is 6.84. The SMILES string of the molecule is COc1ccc(-c2nc3ccc(OC)cc3nc2-c2ccccc2)cc1. The van der Waals surface area contributed by atoms with Crippen molar-refractivity contribution in [1.82, 2.24) is 9.97 Å². The fourth-order valence-corrected chi connectivity index (χ4v) is 2.91. The van der Waals surface area contributed by atoms with E-state index in [1.807, 2.05) is 72.8 Å². The third-order valence-corrected chi connectivity index (χ3v) is 4.28. The molecule has 0 atom stereocenters. The van der Waals surface area contributed by atoms with Crippen LogP contribution in [0.3, 0.4) is 0 Å². The van der Waals surface area contributed by atoms with Crippen LogP contribution in [0.25, 0.3) is 33.5 Å². The molecular formula is C22H18N2O2. The predicted molar refractivity (Wildman–Crippen MR) is 104 cm³/mol. The molecule has 0 saturated carbocycles. The molecule has 0 fully saturated rings. The monoisotopic (exact) mass is 342 g/mol. The highest BCUT2D eigenvalue weighted by molar-refractivity contribution is 5.86. The molecule has 0 unspecified atom stereocenters. The molecule has 0 aliphatic carbocycles. The summed E-state index contributed by atoms with van der Waals surface area (Å²) in [7, 11) is 3.31. The van der Waals surface area contributed by atoms with Gasteiger partial charge in [0.25, 0.3) is 0 Å². The molecule has 0 spiro atoms. The van der Waals surface area contributed by atoms with Gasteiger partial charge in [-0.25, -0.2) is 9.97 Å². The van der Waals surface area contributed by atoms with E-state index in [2.05, 4.69) is 0 Å². The summed E-state index contributed by atoms with van der Waals surface area (Å²) in [6, 6.07) is 23.7. The summed E-state index contributed by atoms with van der Waals surface area (Å²) in [6.07, 6.45) is 0. The van der Waals surface area contributed by atoms with Crippen LogP contribution in [-0.4, -0.2) is 24.2 Å². The second-order valence-electron chi connectivity index (χ2n) is 5.87. The van der Waals surface area contributed by atoms with E-state index < -0.39 is 0 Å². The average molecular weight is 342 g/mol. The second-order valence-corrected chi connectivity index (χ2v) is 5.87. The fraction of sp³-hybridized carbons (Fsp3) is 0.0909. The molecule has 0 amide bonds. The summed E-state index contributed by atoms with van der Waals surface area (Å²) in [6.45, 7) is 0. The maximum atomic E-state index is 5.33. The van der Waals surface area contributed by atoms with Gasteiger partial charge in [-0.1, -0.05) is 30.3 Å². The van der Waals surface area contributed by atoms with Crippen molar-refractivity contribution in [2.45, 2.75) is 0 Å². The Balaban J connectivity index is 1.96. The van der Waals surface area contributed by atoms with E-state index in [9.17, 15) is 0 Å². The summed E-state index contributed by atoms with van der Waals surface area (Å²) in [5.74, 6) is 1.58. The van der Waals surface area contributed by atoms with Crippen molar-refractivity contribution in [3.05, 3.63) is 72.8 Å². The molecule has 0 N–H and O–H groups in total. The van der Waals surface area contributed by atoms with E-state index in [1.165, 1.54) is 0 Å². The first-order valence-electron chi connectivity index (χ1n) is 8.34. The zero-order valence-electron chi connectivity index (χ0n) is 14.6. The normalized spacial score (nSPS) is 10.7. The van der Waals surface area contributed by atoms with Gasteiger partial charge in [-0.2, -0.15) is 0 Å². The van der Waals surface area contributed by atoms with Crippen molar-refractivity contribution < 1.29 is 9.47 Å². The first-order chi connectivity index (χ1) is 12.8. The van der Waals surface area contributed by atoms with Gasteiger partial charge in [0.05, 0.1) is 36.6 Å². The van der Waals surface area contributed by atoms with Crippen molar-refractivity contribution in [3.8, 4) is 34.0 Å². The van der Waals surface area contributed by atoms with Crippen LogP contribution in [0.1, 0.15) is 0 Å². The lowest BCUT2D eigenvalue weighted by Gasteiger charge is -2.11. The number of rotatable bonds is 4. The van der Waals surface area contributed by atoms with Gasteiger partial charge < -0.3 is 9.47 Å². The van der Waals surface area contributed by atoms with Crippen molar-refractivity contribution in [2.24, 2.45) is 0 Å². The molecule has 0 radical (unpaired) electrons. The van der Waals surface area contributed by atoms with E-state index in [1.54, 1.807) is 14.2 Å². The van der Waals surface area contributed by atoms with Crippen LogP contribution in [0.15, 0.2) is 72.8 Å². The lowest BCUT2D eigenvalue weighted by atomic mass is 10.0. The third-order valence-electron chi connectivity index (χ3n) is 4.28. The van der Waals surface area contributed by atoms with E-state index in [0.717, 1.165) is 45.0 Å². The third kappa shape index (κ3) is 2.97. The Labute approximate surface area is 152 Å². The van der Waals surface area contributed by atoms with Gasteiger partial charge in [0.2, 0.25) is 0 Å². The predicted octanol–water partition coefficient (Wildman–Crippen LogP) is 4.98. The molecule has 4 nitrogen and oxygen atoms in total. The van der Waals surface area contributed by atoms with Crippen LogP contribution in [0, 0.1) is 0 Å². The summed E-state index contributed by atoms with van der Waals surface area (Å²) in [5, 5.41) is 0. The highest BCUT2D eigenvalue weighted by Gasteiger charge is 2.13. The minimum Gasteiger partial charge on any atom is -0.497 e. The number of nitrogens with zero attached hydrogens (tertiary/aromatic N) is 2. The lowest BCUT2D eigenvalue weighted by molar-refractivity contribution is 0.415. The molecule has 0 saturated heterocycles. The first-order valence-corrected chi connectivity index (χ1v) is 8.34. The molecule has 4 heteroatoms. The van der Waals surface area contributed by atoms with E-state index in [0.29, 0.717) is 0 Å². The standard InChI is InChI=1S/C22H18N2O2/c1-25-17-10-8-16(9-11-17)22-21(15-6-4-3-5-7-15)24-20-14-18(26-2)12-13-19(20)23-22/h3-14H,1-2H3. The number of fused-ring (bicyclic) bond motifs is 1. The van der Waals surface area contributed by atoms with Crippen LogP contribution in [0.5, 0.6) is 11.5 Å². The van der Waals surface area contributed by atoms with Crippen LogP contribution in [0.4, 0.5) is 0 Å². The van der Waals surface area contributed by atoms with Gasteiger partial charge in [0.1, 0.15) is 11.5 Å². The number of benzene rings is 3. The minimum absolute atomic E-state index is 0.767. The Morgan fingerprint density at radius 2 is 1.15 bits per heavy atom. The molecule has 0 bridgehead atoms. The quantitative estimate of drug-likeness (QED) is 0.524. The zero-order chi connectivity index (χ0) is 17.9. The Morgan fingerprint density at radius 3 is 1.81 bits per heavy atom. The summed E-state index contributed by atoms with van der Waals surface area (Å²) in [4.78, 5) is 9.79. The number of ether oxygens (including phenoxy) is 2. The van der Waals surface area contributed by atoms with Crippen LogP contribution >= 0.6 is 0 Å². The van der Waals surface area contributed by atoms with Crippen molar-refractivity contribution in [2.75, 3.05) is 14.2 Å². The topological polar surface area (TPSA) is 44.2 Å². The van der Waals surface area contributed by atoms with E-state index in [4.69, 9.17) is 19.4 Å². The van der Waals surface area contributed by atoms with Crippen molar-refractivity contribution in [3.63, 3.8) is 0 Å². The lowest BCUT2D eigenvalue weighted by Crippen LogP contribution is -1.96. The van der Waals surface area contributed by atoms with Gasteiger partial charge in [0.15, 0.2) is 0 Å². The molecule has 4 aromatic rings. The zero-order valence-corrected chi connectivity index (χ0v) is 14.6. The van der Waals surface area contributed by atoms with Gasteiger partial charge in [-0.05, 0) is 36.4 Å². The Kier molecular flexibility index (Phi) is 4.23. The average Bonchev–Trinajstić information content (AvgIpc) is 2.73. The molecule has 1 aromatic heterocycles. The van der Waals surface area contributed by atoms with E-state index in [-0.39, 0.29) is 0 Å². The summed E-state index contributed by atoms with van der Waals surface area (Å²) < 4.78 is 10.6. The van der Waals surface area contributed by atoms with Crippen LogP contribution < -0.4 is 9.47 Å². The molecule has 4 rings (SSSR count). The molecule has 26 heavy (non-hydrogen) atoms. The number of hydrogen-bond acceptors (Lipinski definition) is 4. The number of hydrogen-bond donors (Lipinski definition) is 0. The maximum Gasteiger partial charge on any atom is 0.121 e. The van der Waals surface area contributed by atoms with Crippen LogP contribution in [-0.2, 0) is 0 Å². The van der Waals surface area contributed by atoms with Gasteiger partial charge >= 0.3 is 0 Å². The Bertz CT molecular complexity index is 1040. The van der Waals surface area contributed by atoms with Crippen molar-refractivity contribution >= 4 is 11.0 Å². The highest BCUT2D eigenvalue weighted by atomic mass is 16.5. The van der Waals surface area contributed by atoms with Gasteiger partial charge in [-0.15, -0.1) is 0 Å². The fourth-order valence-electron chi connectivity index (χ4n) is 2.91. The smallest absolute Gasteiger partial charge is 0.121 e.